The number of carboxylic acid groups (broad SMARTS) is 2. The number of unbranched alkanes of at least 4 members (excludes halogenated alkanes) is 11. The number of aliphatic hydroxyl groups is 2. The molecule has 0 saturated carbocycles. The topological polar surface area (TPSA) is 132 Å². The van der Waals surface area contributed by atoms with Gasteiger partial charge in [0, 0.05) is 0 Å². The van der Waals surface area contributed by atoms with Crippen LogP contribution in [0.3, 0.4) is 0 Å². The second kappa shape index (κ2) is 23.9. The van der Waals surface area contributed by atoms with E-state index < -0.39 is 24.1 Å². The molecule has 0 aromatic carbocycles. The van der Waals surface area contributed by atoms with Crippen molar-refractivity contribution in [2.24, 2.45) is 0 Å². The van der Waals surface area contributed by atoms with Crippen molar-refractivity contribution < 1.29 is 34.8 Å². The monoisotopic (exact) mass is 452 g/mol. The molecule has 0 aromatic heterocycles. The predicted octanol–water partition coefficient (Wildman–Crippen LogP) is 4.06. The molecule has 8 heteroatoms. The van der Waals surface area contributed by atoms with E-state index in [9.17, 15) is 14.4 Å². The minimum atomic E-state index is -2.27. The number of carbonyl (C=O) groups is 3. The van der Waals surface area contributed by atoms with Gasteiger partial charge < -0.3 is 20.4 Å². The van der Waals surface area contributed by atoms with Gasteiger partial charge in [0.05, 0.1) is 0 Å². The first kappa shape index (κ1) is 32.4. The Balaban J connectivity index is 0. The summed E-state index contributed by atoms with van der Waals surface area (Å²) < 4.78 is 0.851. The van der Waals surface area contributed by atoms with E-state index in [1.807, 2.05) is 0 Å². The Morgan fingerprint density at radius 3 is 1.48 bits per heavy atom. The van der Waals surface area contributed by atoms with Crippen molar-refractivity contribution in [3.63, 3.8) is 0 Å². The van der Waals surface area contributed by atoms with Crippen molar-refractivity contribution in [2.75, 3.05) is 0 Å². The standard InChI is InChI=1S/C19H35O.C4H6O6.Na/c1-3-4-5-6-7-8-9-10-11-12-13-14-15-16-17-18-19(2)20;5-1(3(7)8)2(6)4(9)10;/h10-11H,2-9,12-18H2,1H3;1-2,5-6H,(H,7,8)(H,9,10);/b11-10-;;. The van der Waals surface area contributed by atoms with E-state index >= 15 is 0 Å². The number of ketones is 1. The van der Waals surface area contributed by atoms with Gasteiger partial charge in [0.1, 0.15) is 0 Å². The smallest absolute Gasteiger partial charge is 0.335 e. The minimum absolute atomic E-state index is 0.485. The molecule has 0 amide bonds. The average Bonchev–Trinajstić information content (AvgIpc) is 2.75. The maximum Gasteiger partial charge on any atom is 0.335 e. The van der Waals surface area contributed by atoms with E-state index in [0.717, 1.165) is 44.4 Å². The summed E-state index contributed by atoms with van der Waals surface area (Å²) in [6, 6.07) is 0. The maximum atomic E-state index is 11.2. The van der Waals surface area contributed by atoms with Gasteiger partial charge in [-0.05, 0) is 6.42 Å². The Labute approximate surface area is 204 Å². The van der Waals surface area contributed by atoms with Crippen LogP contribution >= 0.6 is 0 Å². The van der Waals surface area contributed by atoms with E-state index in [1.165, 1.54) is 77.0 Å². The van der Waals surface area contributed by atoms with Crippen LogP contribution in [0.1, 0.15) is 96.8 Å². The molecule has 31 heavy (non-hydrogen) atoms. The molecule has 0 radical (unpaired) electrons. The number of Topliss-reactive ketones (excluding diaryl/α,β-unsaturated/α-hetero) is 1. The molecule has 0 saturated heterocycles. The second-order valence-electron chi connectivity index (χ2n) is 7.79. The number of aliphatic carboxylic acids is 2. The molecule has 0 aliphatic rings. The van der Waals surface area contributed by atoms with Crippen molar-refractivity contribution in [1.29, 1.82) is 0 Å². The van der Waals surface area contributed by atoms with E-state index in [1.54, 1.807) is 0 Å². The Hall–Kier alpha value is -0.730. The van der Waals surface area contributed by atoms with Crippen LogP contribution in [0.5, 0.6) is 0 Å². The minimum Gasteiger partial charge on any atom is -0.479 e. The van der Waals surface area contributed by atoms with Gasteiger partial charge in [-0.3, -0.25) is 0 Å². The van der Waals surface area contributed by atoms with Crippen molar-refractivity contribution in [1.82, 2.24) is 0 Å². The molecule has 2 unspecified atom stereocenters. The van der Waals surface area contributed by atoms with Crippen LogP contribution in [0, 0.1) is 0 Å². The molecular formula is C23H41NaO7. The number of carbonyl (C=O) groups excluding carboxylic acids is 1. The molecule has 0 aromatic rings. The van der Waals surface area contributed by atoms with Gasteiger partial charge in [0.15, 0.2) is 12.2 Å². The van der Waals surface area contributed by atoms with Crippen molar-refractivity contribution in [3.05, 3.63) is 12.2 Å². The normalized spacial score (nSPS) is 12.8. The number of aliphatic hydroxyl groups excluding tert-OH is 2. The Morgan fingerprint density at radius 2 is 1.10 bits per heavy atom. The van der Waals surface area contributed by atoms with Gasteiger partial charge in [0.25, 0.3) is 0 Å². The Morgan fingerprint density at radius 1 is 0.710 bits per heavy atom. The molecule has 4 N–H and O–H groups in total. The van der Waals surface area contributed by atoms with Gasteiger partial charge in [-0.15, -0.1) is 0 Å². The van der Waals surface area contributed by atoms with Crippen LogP contribution in [-0.4, -0.2) is 78.3 Å². The van der Waals surface area contributed by atoms with E-state index in [2.05, 4.69) is 19.1 Å². The molecule has 0 heterocycles. The Bertz CT molecular complexity index is 476. The fourth-order valence-electron chi connectivity index (χ4n) is 2.84. The first-order chi connectivity index (χ1) is 14.8. The quantitative estimate of drug-likeness (QED) is 0.132. The number of allylic oxidation sites excluding steroid dienone is 2. The zero-order valence-corrected chi connectivity index (χ0v) is 21.4. The van der Waals surface area contributed by atoms with Gasteiger partial charge in [-0.1, -0.05) is 39.0 Å². The maximum absolute atomic E-state index is 11.2. The van der Waals surface area contributed by atoms with E-state index in [-0.39, 0.29) is 0 Å². The zero-order valence-electron chi connectivity index (χ0n) is 19.4. The van der Waals surface area contributed by atoms with Gasteiger partial charge >= 0.3 is 118 Å². The molecule has 0 rings (SSSR count). The van der Waals surface area contributed by atoms with Crippen molar-refractivity contribution in [2.45, 2.75) is 113 Å². The third-order valence-electron chi connectivity index (χ3n) is 4.92. The van der Waals surface area contributed by atoms with Gasteiger partial charge in [-0.2, -0.15) is 0 Å². The molecule has 7 nitrogen and oxygen atoms in total. The zero-order chi connectivity index (χ0) is 23.9. The van der Waals surface area contributed by atoms with Crippen LogP contribution in [0.4, 0.5) is 0 Å². The SMILES string of the molecule is CCCCCCCC/C=C\CCCCCCCC(=O)[CH2][Na].O=C(O)C(O)C(O)C(=O)O. The van der Waals surface area contributed by atoms with Gasteiger partial charge in [0.2, 0.25) is 0 Å². The molecular weight excluding hydrogens is 411 g/mol. The number of rotatable bonds is 19. The van der Waals surface area contributed by atoms with E-state index in [0.29, 0.717) is 5.78 Å². The van der Waals surface area contributed by atoms with Gasteiger partial charge in [-0.25, -0.2) is 9.59 Å². The first-order valence-corrected chi connectivity index (χ1v) is 13.2. The first-order valence-electron chi connectivity index (χ1n) is 11.8. The van der Waals surface area contributed by atoms with Crippen molar-refractivity contribution >= 4 is 45.7 Å². The number of hydrogen-bond acceptors (Lipinski definition) is 5. The molecule has 176 valence electrons. The summed E-state index contributed by atoms with van der Waals surface area (Å²) in [5.74, 6) is -3.05. The molecule has 0 spiro atoms. The summed E-state index contributed by atoms with van der Waals surface area (Å²) in [6.07, 6.45) is 18.3. The van der Waals surface area contributed by atoms with Crippen LogP contribution in [0.15, 0.2) is 12.2 Å². The molecule has 2 atom stereocenters. The summed E-state index contributed by atoms with van der Waals surface area (Å²) in [4.78, 5) is 30.7. The fraction of sp³-hybridized carbons (Fsp3) is 0.783. The molecule has 0 fully saturated rings. The van der Waals surface area contributed by atoms with Crippen LogP contribution in [0.2, 0.25) is 3.67 Å². The third-order valence-corrected chi connectivity index (χ3v) is 5.71. The number of hydrogen-bond donors (Lipinski definition) is 4. The Kier molecular flexibility index (Phi) is 25.0. The van der Waals surface area contributed by atoms with Crippen LogP contribution < -0.4 is 0 Å². The molecule has 0 bridgehead atoms. The summed E-state index contributed by atoms with van der Waals surface area (Å²) in [6.45, 7) is 2.27. The van der Waals surface area contributed by atoms with Crippen molar-refractivity contribution in [3.8, 4) is 0 Å². The summed E-state index contributed by atoms with van der Waals surface area (Å²) in [5, 5.41) is 32.5. The second-order valence-corrected chi connectivity index (χ2v) is 8.50. The van der Waals surface area contributed by atoms with Crippen LogP contribution in [0.25, 0.3) is 0 Å². The fourth-order valence-corrected chi connectivity index (χ4v) is 3.19. The number of carboxylic acids is 2. The molecule has 0 aliphatic heterocycles. The van der Waals surface area contributed by atoms with Crippen LogP contribution in [-0.2, 0) is 14.4 Å². The van der Waals surface area contributed by atoms with E-state index in [4.69, 9.17) is 20.4 Å². The molecule has 0 aliphatic carbocycles. The summed E-state index contributed by atoms with van der Waals surface area (Å²) in [7, 11) is 0. The predicted molar refractivity (Wildman–Crippen MR) is 122 cm³/mol. The average molecular weight is 453 g/mol. The largest absolute Gasteiger partial charge is 0.479 e. The third kappa shape index (κ3) is 23.8. The summed E-state index contributed by atoms with van der Waals surface area (Å²) in [5.41, 5.74) is 0. The summed E-state index contributed by atoms with van der Waals surface area (Å²) >= 11 is 1.04.